The number of aliphatic hydroxyl groups is 5. The third-order valence-electron chi connectivity index (χ3n) is 12.6. The Balaban J connectivity index is 2.75. The summed E-state index contributed by atoms with van der Waals surface area (Å²) in [5.41, 5.74) is 0. The molecule has 0 radical (unpaired) electrons. The second kappa shape index (κ2) is 50.6. The van der Waals surface area contributed by atoms with Crippen LogP contribution in [0.15, 0.2) is 134 Å². The summed E-state index contributed by atoms with van der Waals surface area (Å²) >= 11 is 0. The standard InChI is InChI=1S/C64H103NO10/c1-4-7-10-13-16-19-22-24-26-27-28-29-30-31-32-34-37-40-43-46-49-52-59(69)75-62-61(71)60(70)58(53-66)74-64(62)73-54-55(56(67)50-47-44-41-38-35-21-18-15-12-9-6-3)65-63(72)57(68)51-48-45-42-39-36-33-25-23-20-17-14-11-8-5-2/h7-8,10-11,14,16-17,19-20,23-26,28-29,31-33,37,40,47,50,55-58,60-62,64,66-68,70-71H,4-6,9,12-13,15,18,21-22,27,30,34-36,38-39,41-46,48-49,51-54H2,1-3H3,(H,65,72)/b10-7-,11-8+,17-14+,19-16-,23-20+,26-24-,29-28-,32-31-,33-25-,40-37-,50-47+. The number of carbonyl (C=O) groups is 2. The summed E-state index contributed by atoms with van der Waals surface area (Å²) in [5.74, 6) is -1.28. The molecular weight excluding hydrogens is 943 g/mol. The van der Waals surface area contributed by atoms with Crippen molar-refractivity contribution in [2.75, 3.05) is 13.2 Å². The Morgan fingerprint density at radius 2 is 1.03 bits per heavy atom. The first-order valence-corrected chi connectivity index (χ1v) is 29.0. The molecule has 11 heteroatoms. The average Bonchev–Trinajstić information content (AvgIpc) is 3.41. The van der Waals surface area contributed by atoms with E-state index in [9.17, 15) is 35.1 Å². The number of hydrogen-bond donors (Lipinski definition) is 6. The lowest BCUT2D eigenvalue weighted by atomic mass is 9.99. The van der Waals surface area contributed by atoms with E-state index in [0.29, 0.717) is 12.8 Å². The van der Waals surface area contributed by atoms with E-state index < -0.39 is 67.4 Å². The van der Waals surface area contributed by atoms with Gasteiger partial charge in [0, 0.05) is 6.42 Å². The van der Waals surface area contributed by atoms with E-state index in [1.54, 1.807) is 6.08 Å². The number of carbonyl (C=O) groups excluding carboxylic acids is 2. The maximum Gasteiger partial charge on any atom is 0.306 e. The van der Waals surface area contributed by atoms with Crippen molar-refractivity contribution in [2.45, 2.75) is 243 Å². The summed E-state index contributed by atoms with van der Waals surface area (Å²) in [7, 11) is 0. The van der Waals surface area contributed by atoms with E-state index in [2.05, 4.69) is 111 Å². The zero-order valence-electron chi connectivity index (χ0n) is 46.6. The third kappa shape index (κ3) is 38.9. The Bertz CT molecular complexity index is 1720. The van der Waals surface area contributed by atoms with Crippen molar-refractivity contribution in [3.05, 3.63) is 134 Å². The monoisotopic (exact) mass is 1050 g/mol. The van der Waals surface area contributed by atoms with Gasteiger partial charge >= 0.3 is 5.97 Å². The number of hydrogen-bond acceptors (Lipinski definition) is 10. The molecule has 1 aliphatic rings. The summed E-state index contributed by atoms with van der Waals surface area (Å²) in [6, 6.07) is -1.05. The quantitative estimate of drug-likeness (QED) is 0.0149. The summed E-state index contributed by atoms with van der Waals surface area (Å²) in [6.07, 6.45) is 60.6. The highest BCUT2D eigenvalue weighted by Gasteiger charge is 2.47. The van der Waals surface area contributed by atoms with Gasteiger partial charge in [0.25, 0.3) is 0 Å². The first kappa shape index (κ1) is 68.8. The molecule has 8 unspecified atom stereocenters. The van der Waals surface area contributed by atoms with Crippen molar-refractivity contribution in [3.8, 4) is 0 Å². The zero-order valence-corrected chi connectivity index (χ0v) is 46.6. The number of ether oxygens (including phenoxy) is 3. The largest absolute Gasteiger partial charge is 0.454 e. The van der Waals surface area contributed by atoms with Crippen LogP contribution in [-0.2, 0) is 23.8 Å². The Kier molecular flexibility index (Phi) is 46.4. The topological polar surface area (TPSA) is 175 Å². The van der Waals surface area contributed by atoms with Gasteiger partial charge in [-0.15, -0.1) is 0 Å². The van der Waals surface area contributed by atoms with Gasteiger partial charge < -0.3 is 45.1 Å². The molecule has 1 heterocycles. The molecule has 424 valence electrons. The van der Waals surface area contributed by atoms with E-state index >= 15 is 0 Å². The van der Waals surface area contributed by atoms with Crippen LogP contribution in [-0.4, -0.2) is 99.6 Å². The smallest absolute Gasteiger partial charge is 0.306 e. The van der Waals surface area contributed by atoms with E-state index in [4.69, 9.17) is 14.2 Å². The molecule has 1 saturated heterocycles. The summed E-state index contributed by atoms with van der Waals surface area (Å²) in [6.45, 7) is 5.45. The molecule has 1 aliphatic heterocycles. The van der Waals surface area contributed by atoms with Gasteiger partial charge in [-0.1, -0.05) is 225 Å². The van der Waals surface area contributed by atoms with Crippen molar-refractivity contribution < 1.29 is 49.3 Å². The highest BCUT2D eigenvalue weighted by molar-refractivity contribution is 5.80. The van der Waals surface area contributed by atoms with Gasteiger partial charge in [-0.2, -0.15) is 0 Å². The first-order chi connectivity index (χ1) is 36.7. The minimum Gasteiger partial charge on any atom is -0.454 e. The predicted octanol–water partition coefficient (Wildman–Crippen LogP) is 13.3. The van der Waals surface area contributed by atoms with Crippen molar-refractivity contribution in [3.63, 3.8) is 0 Å². The van der Waals surface area contributed by atoms with Crippen LogP contribution in [0, 0.1) is 0 Å². The van der Waals surface area contributed by atoms with Gasteiger partial charge in [-0.05, 0) is 96.3 Å². The van der Waals surface area contributed by atoms with Crippen molar-refractivity contribution in [2.24, 2.45) is 0 Å². The lowest BCUT2D eigenvalue weighted by molar-refractivity contribution is -0.305. The zero-order chi connectivity index (χ0) is 54.7. The Labute approximate surface area is 454 Å². The van der Waals surface area contributed by atoms with Crippen LogP contribution in [0.5, 0.6) is 0 Å². The minimum absolute atomic E-state index is 0.0569. The fourth-order valence-electron chi connectivity index (χ4n) is 8.07. The number of rotatable bonds is 46. The molecule has 8 atom stereocenters. The molecule has 1 amide bonds. The number of nitrogens with one attached hydrogen (secondary N) is 1. The number of unbranched alkanes of at least 4 members (excludes halogenated alkanes) is 15. The Morgan fingerprint density at radius 3 is 1.60 bits per heavy atom. The molecular formula is C64H103NO10. The minimum atomic E-state index is -1.65. The van der Waals surface area contributed by atoms with E-state index in [1.165, 1.54) is 38.5 Å². The maximum absolute atomic E-state index is 13.4. The fourth-order valence-corrected chi connectivity index (χ4v) is 8.07. The number of aliphatic hydroxyl groups excluding tert-OH is 5. The molecule has 0 aromatic carbocycles. The van der Waals surface area contributed by atoms with Crippen LogP contribution in [0.4, 0.5) is 0 Å². The first-order valence-electron chi connectivity index (χ1n) is 29.0. The number of amides is 1. The normalized spacial score (nSPS) is 20.2. The van der Waals surface area contributed by atoms with Crippen molar-refractivity contribution >= 4 is 11.9 Å². The predicted molar refractivity (Wildman–Crippen MR) is 310 cm³/mol. The molecule has 0 bridgehead atoms. The van der Waals surface area contributed by atoms with Crippen LogP contribution < -0.4 is 5.32 Å². The van der Waals surface area contributed by atoms with Crippen LogP contribution in [0.25, 0.3) is 0 Å². The molecule has 0 aromatic heterocycles. The van der Waals surface area contributed by atoms with Crippen LogP contribution >= 0.6 is 0 Å². The molecule has 0 aliphatic carbocycles. The van der Waals surface area contributed by atoms with Gasteiger partial charge in [-0.3, -0.25) is 9.59 Å². The highest BCUT2D eigenvalue weighted by Crippen LogP contribution is 2.26. The molecule has 1 fully saturated rings. The summed E-state index contributed by atoms with van der Waals surface area (Å²) < 4.78 is 17.5. The number of esters is 1. The molecule has 0 spiro atoms. The molecule has 6 N–H and O–H groups in total. The van der Waals surface area contributed by atoms with Gasteiger partial charge in [0.2, 0.25) is 5.91 Å². The molecule has 1 rings (SSSR count). The number of allylic oxidation sites excluding steroid dienone is 21. The second-order valence-electron chi connectivity index (χ2n) is 19.3. The summed E-state index contributed by atoms with van der Waals surface area (Å²) in [4.78, 5) is 26.5. The van der Waals surface area contributed by atoms with Gasteiger partial charge in [0.05, 0.1) is 25.4 Å². The van der Waals surface area contributed by atoms with Gasteiger partial charge in [0.1, 0.15) is 24.4 Å². The maximum atomic E-state index is 13.4. The Morgan fingerprint density at radius 1 is 0.547 bits per heavy atom. The van der Waals surface area contributed by atoms with Crippen molar-refractivity contribution in [1.82, 2.24) is 5.32 Å². The van der Waals surface area contributed by atoms with Crippen LogP contribution in [0.2, 0.25) is 0 Å². The van der Waals surface area contributed by atoms with Gasteiger partial charge in [-0.25, -0.2) is 0 Å². The van der Waals surface area contributed by atoms with Crippen LogP contribution in [0.3, 0.4) is 0 Å². The van der Waals surface area contributed by atoms with Crippen LogP contribution in [0.1, 0.15) is 194 Å². The van der Waals surface area contributed by atoms with Gasteiger partial charge in [0.15, 0.2) is 12.4 Å². The molecule has 11 nitrogen and oxygen atoms in total. The molecule has 0 aromatic rings. The summed E-state index contributed by atoms with van der Waals surface area (Å²) in [5, 5.41) is 56.8. The van der Waals surface area contributed by atoms with E-state index in [0.717, 1.165) is 109 Å². The SMILES string of the molecule is CC/C=C\C/C=C\C/C=C\C/C=C\C/C=C\C/C=C\CCCCC(=O)OC1C(OCC(NC(=O)C(O)CCCCCC\C=C/C=C/C=C/C=C/CC)C(O)/C=C/CCCCCCCCCCC)OC(CO)C(O)C1O. The second-order valence-corrected chi connectivity index (χ2v) is 19.3. The van der Waals surface area contributed by atoms with Crippen molar-refractivity contribution in [1.29, 1.82) is 0 Å². The molecule has 0 saturated carbocycles. The van der Waals surface area contributed by atoms with E-state index in [1.807, 2.05) is 42.5 Å². The van der Waals surface area contributed by atoms with E-state index in [-0.39, 0.29) is 19.4 Å². The third-order valence-corrected chi connectivity index (χ3v) is 12.6. The lowest BCUT2D eigenvalue weighted by Gasteiger charge is -2.41. The lowest BCUT2D eigenvalue weighted by Crippen LogP contribution is -2.61. The Hall–Kier alpha value is -4.20. The fraction of sp³-hybridized carbons (Fsp3) is 0.625. The highest BCUT2D eigenvalue weighted by atomic mass is 16.7. The average molecular weight is 1050 g/mol. The molecule has 75 heavy (non-hydrogen) atoms.